The van der Waals surface area contributed by atoms with Crippen LogP contribution in [0.25, 0.3) is 0 Å². The summed E-state index contributed by atoms with van der Waals surface area (Å²) in [6.07, 6.45) is 6.08. The molecule has 118 valence electrons. The monoisotopic (exact) mass is 283 g/mol. The lowest BCUT2D eigenvalue weighted by Gasteiger charge is -2.35. The van der Waals surface area contributed by atoms with Gasteiger partial charge in [0.1, 0.15) is 0 Å². The van der Waals surface area contributed by atoms with Crippen LogP contribution in [-0.4, -0.2) is 42.5 Å². The maximum absolute atomic E-state index is 12.4. The highest BCUT2D eigenvalue weighted by atomic mass is 16.2. The first-order valence-electron chi connectivity index (χ1n) is 8.14. The van der Waals surface area contributed by atoms with Crippen molar-refractivity contribution in [1.29, 1.82) is 0 Å². The molecule has 0 heterocycles. The third kappa shape index (κ3) is 5.41. The number of carbonyl (C=O) groups is 1. The Morgan fingerprint density at radius 3 is 2.45 bits per heavy atom. The lowest BCUT2D eigenvalue weighted by Crippen LogP contribution is -2.51. The van der Waals surface area contributed by atoms with E-state index < -0.39 is 0 Å². The molecule has 1 saturated carbocycles. The number of carbonyl (C=O) groups excluding carboxylic acids is 1. The molecule has 1 rings (SSSR count). The summed E-state index contributed by atoms with van der Waals surface area (Å²) in [6.45, 7) is 10.8. The van der Waals surface area contributed by atoms with Crippen molar-refractivity contribution in [2.24, 2.45) is 11.1 Å². The van der Waals surface area contributed by atoms with Crippen LogP contribution in [0, 0.1) is 5.41 Å². The largest absolute Gasteiger partial charge is 0.352 e. The third-order valence-corrected chi connectivity index (χ3v) is 4.47. The fourth-order valence-corrected chi connectivity index (χ4v) is 2.87. The lowest BCUT2D eigenvalue weighted by molar-refractivity contribution is -0.127. The van der Waals surface area contributed by atoms with Crippen LogP contribution in [0.15, 0.2) is 0 Å². The van der Waals surface area contributed by atoms with Crippen LogP contribution in [0.5, 0.6) is 0 Å². The summed E-state index contributed by atoms with van der Waals surface area (Å²) in [5.41, 5.74) is 5.86. The highest BCUT2D eigenvalue weighted by Crippen LogP contribution is 2.19. The van der Waals surface area contributed by atoms with Crippen molar-refractivity contribution in [3.8, 4) is 0 Å². The van der Waals surface area contributed by atoms with Crippen LogP contribution >= 0.6 is 0 Å². The molecule has 1 fully saturated rings. The molecule has 0 saturated heterocycles. The summed E-state index contributed by atoms with van der Waals surface area (Å²) in [5.74, 6) is 0.173. The zero-order chi connectivity index (χ0) is 15.2. The molecule has 0 bridgehead atoms. The van der Waals surface area contributed by atoms with Crippen LogP contribution in [0.3, 0.4) is 0 Å². The molecule has 4 heteroatoms. The van der Waals surface area contributed by atoms with Crippen molar-refractivity contribution in [1.82, 2.24) is 10.2 Å². The van der Waals surface area contributed by atoms with E-state index in [9.17, 15) is 4.79 Å². The zero-order valence-corrected chi connectivity index (χ0v) is 13.7. The van der Waals surface area contributed by atoms with E-state index in [-0.39, 0.29) is 17.4 Å². The second-order valence-electron chi connectivity index (χ2n) is 6.95. The number of hydrogen-bond acceptors (Lipinski definition) is 3. The summed E-state index contributed by atoms with van der Waals surface area (Å²) in [5, 5.41) is 3.23. The molecule has 1 unspecified atom stereocenters. The van der Waals surface area contributed by atoms with Gasteiger partial charge in [0.25, 0.3) is 0 Å². The number of likely N-dealkylation sites (N-methyl/N-ethyl adjacent to an activating group) is 1. The number of amides is 1. The van der Waals surface area contributed by atoms with Gasteiger partial charge in [-0.15, -0.1) is 0 Å². The summed E-state index contributed by atoms with van der Waals surface area (Å²) < 4.78 is 0. The van der Waals surface area contributed by atoms with Crippen molar-refractivity contribution in [2.45, 2.75) is 71.9 Å². The molecule has 1 atom stereocenters. The second kappa shape index (κ2) is 7.99. The van der Waals surface area contributed by atoms with Crippen molar-refractivity contribution >= 4 is 5.91 Å². The number of hydrogen-bond donors (Lipinski definition) is 2. The molecule has 1 aliphatic rings. The Bertz CT molecular complexity index is 298. The third-order valence-electron chi connectivity index (χ3n) is 4.47. The second-order valence-corrected chi connectivity index (χ2v) is 6.95. The predicted molar refractivity (Wildman–Crippen MR) is 84.6 cm³/mol. The molecule has 0 aromatic carbocycles. The average molecular weight is 283 g/mol. The predicted octanol–water partition coefficient (Wildman–Crippen LogP) is 2.13. The van der Waals surface area contributed by atoms with Crippen molar-refractivity contribution in [2.75, 3.05) is 19.6 Å². The fourth-order valence-electron chi connectivity index (χ4n) is 2.87. The average Bonchev–Trinajstić information content (AvgIpc) is 2.45. The van der Waals surface area contributed by atoms with Crippen LogP contribution in [-0.2, 0) is 4.79 Å². The van der Waals surface area contributed by atoms with E-state index >= 15 is 0 Å². The quantitative estimate of drug-likeness (QED) is 0.752. The fraction of sp³-hybridized carbons (Fsp3) is 0.938. The normalized spacial score (nSPS) is 19.1. The minimum absolute atomic E-state index is 0.0510. The van der Waals surface area contributed by atoms with Crippen molar-refractivity contribution in [3.05, 3.63) is 0 Å². The highest BCUT2D eigenvalue weighted by molar-refractivity contribution is 5.81. The molecule has 0 aromatic heterocycles. The number of nitrogens with one attached hydrogen (secondary N) is 1. The molecule has 0 aromatic rings. The molecule has 4 nitrogen and oxygen atoms in total. The van der Waals surface area contributed by atoms with Gasteiger partial charge < -0.3 is 11.1 Å². The van der Waals surface area contributed by atoms with E-state index in [1.807, 2.05) is 6.92 Å². The number of nitrogens with zero attached hydrogens (tertiary/aromatic N) is 1. The van der Waals surface area contributed by atoms with E-state index in [0.717, 1.165) is 25.9 Å². The molecule has 1 aliphatic carbocycles. The molecular formula is C16H33N3O. The Kier molecular flexibility index (Phi) is 6.96. The van der Waals surface area contributed by atoms with Gasteiger partial charge in [-0.1, -0.05) is 40.0 Å². The van der Waals surface area contributed by atoms with Crippen LogP contribution in [0.4, 0.5) is 0 Å². The highest BCUT2D eigenvalue weighted by Gasteiger charge is 2.27. The Morgan fingerprint density at radius 1 is 1.35 bits per heavy atom. The van der Waals surface area contributed by atoms with Gasteiger partial charge in [-0.25, -0.2) is 0 Å². The first-order valence-corrected chi connectivity index (χ1v) is 8.14. The van der Waals surface area contributed by atoms with Crippen molar-refractivity contribution < 1.29 is 4.79 Å². The van der Waals surface area contributed by atoms with Gasteiger partial charge in [-0.3, -0.25) is 9.69 Å². The van der Waals surface area contributed by atoms with Gasteiger partial charge in [0.15, 0.2) is 0 Å². The van der Waals surface area contributed by atoms with Gasteiger partial charge >= 0.3 is 0 Å². The molecule has 3 N–H and O–H groups in total. The topological polar surface area (TPSA) is 58.4 Å². The zero-order valence-electron chi connectivity index (χ0n) is 13.7. The summed E-state index contributed by atoms with van der Waals surface area (Å²) in [6, 6.07) is 0.313. The van der Waals surface area contributed by atoms with E-state index in [0.29, 0.717) is 12.6 Å². The molecule has 0 radical (unpaired) electrons. The van der Waals surface area contributed by atoms with Crippen LogP contribution in [0.1, 0.15) is 59.8 Å². The van der Waals surface area contributed by atoms with Gasteiger partial charge in [0, 0.05) is 12.6 Å². The minimum Gasteiger partial charge on any atom is -0.352 e. The Labute approximate surface area is 124 Å². The molecule has 0 aliphatic heterocycles. The Hall–Kier alpha value is -0.610. The minimum atomic E-state index is -0.0762. The standard InChI is InChI=1S/C16H33N3O/c1-5-19(12-16(3,4)11-17)13(2)15(20)18-14-9-7-6-8-10-14/h13-14H,5-12,17H2,1-4H3,(H,18,20). The first kappa shape index (κ1) is 17.4. The molecule has 20 heavy (non-hydrogen) atoms. The molecule has 0 spiro atoms. The number of rotatable bonds is 7. The van der Waals surface area contributed by atoms with Gasteiger partial charge in [0.05, 0.1) is 6.04 Å². The smallest absolute Gasteiger partial charge is 0.237 e. The lowest BCUT2D eigenvalue weighted by atomic mass is 9.92. The summed E-state index contributed by atoms with van der Waals surface area (Å²) in [7, 11) is 0. The number of nitrogens with two attached hydrogens (primary N) is 1. The van der Waals surface area contributed by atoms with E-state index in [1.165, 1.54) is 19.3 Å². The van der Waals surface area contributed by atoms with Gasteiger partial charge in [0.2, 0.25) is 5.91 Å². The van der Waals surface area contributed by atoms with Crippen LogP contribution < -0.4 is 11.1 Å². The van der Waals surface area contributed by atoms with Gasteiger partial charge in [-0.05, 0) is 38.3 Å². The SMILES string of the molecule is CCN(CC(C)(C)CN)C(C)C(=O)NC1CCCCC1. The van der Waals surface area contributed by atoms with E-state index in [4.69, 9.17) is 5.73 Å². The summed E-state index contributed by atoms with van der Waals surface area (Å²) in [4.78, 5) is 14.6. The Balaban J connectivity index is 2.51. The van der Waals surface area contributed by atoms with Gasteiger partial charge in [-0.2, -0.15) is 0 Å². The van der Waals surface area contributed by atoms with Crippen LogP contribution in [0.2, 0.25) is 0 Å². The first-order chi connectivity index (χ1) is 9.39. The Morgan fingerprint density at radius 2 is 1.95 bits per heavy atom. The van der Waals surface area contributed by atoms with E-state index in [1.54, 1.807) is 0 Å². The van der Waals surface area contributed by atoms with E-state index in [2.05, 4.69) is 31.0 Å². The maximum Gasteiger partial charge on any atom is 0.237 e. The maximum atomic E-state index is 12.4. The molecule has 1 amide bonds. The summed E-state index contributed by atoms with van der Waals surface area (Å²) >= 11 is 0. The van der Waals surface area contributed by atoms with Crippen molar-refractivity contribution in [3.63, 3.8) is 0 Å². The molecular weight excluding hydrogens is 250 g/mol.